The van der Waals surface area contributed by atoms with Gasteiger partial charge in [-0.2, -0.15) is 0 Å². The van der Waals surface area contributed by atoms with Gasteiger partial charge in [0.1, 0.15) is 18.2 Å². The molecule has 0 radical (unpaired) electrons. The van der Waals surface area contributed by atoms with Crippen molar-refractivity contribution in [3.63, 3.8) is 0 Å². The fourth-order valence-electron chi connectivity index (χ4n) is 1.82. The normalized spacial score (nSPS) is 13.7. The molecule has 3 heteroatoms. The molecule has 0 aliphatic rings. The second-order valence-electron chi connectivity index (χ2n) is 7.62. The monoisotopic (exact) mass is 277 g/mol. The molecule has 112 valence electrons. The molecule has 0 aromatic carbocycles. The Kier molecular flexibility index (Phi) is 4.62. The van der Waals surface area contributed by atoms with Gasteiger partial charge in [0.25, 0.3) is 5.82 Å². The van der Waals surface area contributed by atoms with Crippen LogP contribution in [-0.4, -0.2) is 10.4 Å². The zero-order valence-electron chi connectivity index (χ0n) is 14.2. The molecular weight excluding hydrogens is 248 g/mol. The van der Waals surface area contributed by atoms with Crippen molar-refractivity contribution in [1.29, 1.82) is 0 Å². The number of imidazole rings is 1. The van der Waals surface area contributed by atoms with Gasteiger partial charge in [-0.15, -0.1) is 0 Å². The van der Waals surface area contributed by atoms with Crippen LogP contribution in [0.25, 0.3) is 6.20 Å². The minimum atomic E-state index is -0.291. The highest BCUT2D eigenvalue weighted by atomic mass is 16.1. The van der Waals surface area contributed by atoms with Gasteiger partial charge in [-0.05, 0) is 11.0 Å². The number of rotatable bonds is 3. The van der Waals surface area contributed by atoms with Crippen molar-refractivity contribution in [3.05, 3.63) is 23.8 Å². The molecule has 0 N–H and O–H groups in total. The van der Waals surface area contributed by atoms with Gasteiger partial charge in [-0.25, -0.2) is 9.13 Å². The lowest BCUT2D eigenvalue weighted by Crippen LogP contribution is -2.29. The summed E-state index contributed by atoms with van der Waals surface area (Å²) in [5.74, 6) is 1.43. The molecule has 1 heterocycles. The van der Waals surface area contributed by atoms with E-state index in [0.717, 1.165) is 11.4 Å². The summed E-state index contributed by atoms with van der Waals surface area (Å²) in [7, 11) is 2.02. The molecule has 20 heavy (non-hydrogen) atoms. The molecule has 0 aliphatic carbocycles. The molecule has 1 rings (SSSR count). The van der Waals surface area contributed by atoms with E-state index >= 15 is 0 Å². The van der Waals surface area contributed by atoms with Crippen LogP contribution in [0.5, 0.6) is 0 Å². The highest BCUT2D eigenvalue weighted by molar-refractivity contribution is 5.86. The Morgan fingerprint density at radius 1 is 1.20 bits per heavy atom. The zero-order valence-corrected chi connectivity index (χ0v) is 14.2. The van der Waals surface area contributed by atoms with Crippen molar-refractivity contribution in [1.82, 2.24) is 4.57 Å². The Bertz CT molecular complexity index is 522. The minimum absolute atomic E-state index is 0.0177. The Balaban J connectivity index is 3.15. The summed E-state index contributed by atoms with van der Waals surface area (Å²) in [5.41, 5.74) is 0.855. The number of hydrogen-bond donors (Lipinski definition) is 0. The minimum Gasteiger partial charge on any atom is -0.299 e. The maximum atomic E-state index is 12.3. The molecule has 0 unspecified atom stereocenters. The first-order valence-corrected chi connectivity index (χ1v) is 7.20. The summed E-state index contributed by atoms with van der Waals surface area (Å²) in [6.07, 6.45) is 6.67. The van der Waals surface area contributed by atoms with Crippen molar-refractivity contribution < 1.29 is 9.36 Å². The van der Waals surface area contributed by atoms with Crippen molar-refractivity contribution in [2.24, 2.45) is 17.9 Å². The molecule has 0 spiro atoms. The SMILES string of the molecule is Cc1n(C=C(CC(=O)C(C)(C)C)C(C)(C)C)cc[n+]1C. The molecule has 0 bridgehead atoms. The maximum absolute atomic E-state index is 12.3. The van der Waals surface area contributed by atoms with Gasteiger partial charge < -0.3 is 0 Å². The molecule has 0 saturated carbocycles. The van der Waals surface area contributed by atoms with E-state index in [9.17, 15) is 4.79 Å². The lowest BCUT2D eigenvalue weighted by molar-refractivity contribution is -0.676. The third-order valence-electron chi connectivity index (χ3n) is 3.78. The molecule has 1 aromatic heterocycles. The van der Waals surface area contributed by atoms with Crippen LogP contribution in [-0.2, 0) is 11.8 Å². The lowest BCUT2D eigenvalue weighted by atomic mass is 9.79. The van der Waals surface area contributed by atoms with Crippen LogP contribution in [0.1, 0.15) is 53.8 Å². The fourth-order valence-corrected chi connectivity index (χ4v) is 1.82. The number of allylic oxidation sites excluding steroid dienone is 1. The van der Waals surface area contributed by atoms with E-state index in [4.69, 9.17) is 0 Å². The summed E-state index contributed by atoms with van der Waals surface area (Å²) in [6.45, 7) is 14.5. The fraction of sp³-hybridized carbons (Fsp3) is 0.647. The van der Waals surface area contributed by atoms with E-state index in [1.807, 2.05) is 40.2 Å². The van der Waals surface area contributed by atoms with Crippen LogP contribution in [0.2, 0.25) is 0 Å². The van der Waals surface area contributed by atoms with Gasteiger partial charge in [0.15, 0.2) is 0 Å². The summed E-state index contributed by atoms with van der Waals surface area (Å²) in [6, 6.07) is 0. The predicted molar refractivity (Wildman–Crippen MR) is 83.2 cm³/mol. The first-order chi connectivity index (χ1) is 8.93. The van der Waals surface area contributed by atoms with Crippen molar-refractivity contribution in [2.75, 3.05) is 0 Å². The molecule has 1 aromatic rings. The van der Waals surface area contributed by atoms with E-state index in [1.54, 1.807) is 0 Å². The van der Waals surface area contributed by atoms with Gasteiger partial charge in [0.05, 0.1) is 13.2 Å². The zero-order chi connectivity index (χ0) is 15.7. The van der Waals surface area contributed by atoms with Crippen LogP contribution in [0.4, 0.5) is 0 Å². The Labute approximate surface area is 123 Å². The summed E-state index contributed by atoms with van der Waals surface area (Å²) in [4.78, 5) is 12.3. The quantitative estimate of drug-likeness (QED) is 0.776. The standard InChI is InChI=1S/C17H29N2O/c1-13-18(8)9-10-19(13)12-14(16(2,3)4)11-15(20)17(5,6)7/h9-10,12H,11H2,1-8H3/q+1. The van der Waals surface area contributed by atoms with Crippen LogP contribution < -0.4 is 4.57 Å². The molecule has 0 amide bonds. The highest BCUT2D eigenvalue weighted by Crippen LogP contribution is 2.32. The number of carbonyl (C=O) groups is 1. The maximum Gasteiger partial charge on any atom is 0.257 e. The van der Waals surface area contributed by atoms with E-state index in [-0.39, 0.29) is 16.6 Å². The van der Waals surface area contributed by atoms with Gasteiger partial charge in [0, 0.05) is 18.8 Å². The van der Waals surface area contributed by atoms with Gasteiger partial charge in [-0.3, -0.25) is 4.79 Å². The van der Waals surface area contributed by atoms with Gasteiger partial charge >= 0.3 is 0 Å². The van der Waals surface area contributed by atoms with E-state index < -0.39 is 0 Å². The van der Waals surface area contributed by atoms with Gasteiger partial charge in [0.2, 0.25) is 0 Å². The van der Waals surface area contributed by atoms with E-state index in [2.05, 4.69) is 43.0 Å². The van der Waals surface area contributed by atoms with Crippen molar-refractivity contribution in [3.8, 4) is 0 Å². The second-order valence-corrected chi connectivity index (χ2v) is 7.62. The highest BCUT2D eigenvalue weighted by Gasteiger charge is 2.27. The molecule has 0 fully saturated rings. The molecule has 3 nitrogen and oxygen atoms in total. The van der Waals surface area contributed by atoms with E-state index in [0.29, 0.717) is 6.42 Å². The average molecular weight is 277 g/mol. The third-order valence-corrected chi connectivity index (χ3v) is 3.78. The Morgan fingerprint density at radius 3 is 2.10 bits per heavy atom. The lowest BCUT2D eigenvalue weighted by Gasteiger charge is -2.25. The Hall–Kier alpha value is -1.38. The summed E-state index contributed by atoms with van der Waals surface area (Å²) in [5, 5.41) is 0. The first-order valence-electron chi connectivity index (χ1n) is 7.20. The van der Waals surface area contributed by atoms with Crippen LogP contribution in [0.3, 0.4) is 0 Å². The first kappa shape index (κ1) is 16.7. The molecule has 0 saturated heterocycles. The molecule has 0 atom stereocenters. The topological polar surface area (TPSA) is 25.9 Å². The van der Waals surface area contributed by atoms with Crippen molar-refractivity contribution >= 4 is 12.0 Å². The van der Waals surface area contributed by atoms with Gasteiger partial charge in [-0.1, -0.05) is 41.5 Å². The number of ketones is 1. The molecular formula is C17H29N2O+. The smallest absolute Gasteiger partial charge is 0.257 e. The van der Waals surface area contributed by atoms with Crippen molar-refractivity contribution in [2.45, 2.75) is 54.9 Å². The Morgan fingerprint density at radius 2 is 1.75 bits per heavy atom. The number of hydrogen-bond acceptors (Lipinski definition) is 1. The average Bonchev–Trinajstić information content (AvgIpc) is 2.57. The van der Waals surface area contributed by atoms with Crippen LogP contribution in [0, 0.1) is 17.8 Å². The summed E-state index contributed by atoms with van der Waals surface area (Å²) < 4.78 is 4.17. The van der Waals surface area contributed by atoms with Crippen LogP contribution in [0.15, 0.2) is 18.0 Å². The second kappa shape index (κ2) is 5.55. The predicted octanol–water partition coefficient (Wildman–Crippen LogP) is 3.51. The third kappa shape index (κ3) is 4.06. The number of aryl methyl sites for hydroxylation is 1. The van der Waals surface area contributed by atoms with Crippen LogP contribution >= 0.6 is 0 Å². The number of carbonyl (C=O) groups excluding carboxylic acids is 1. The largest absolute Gasteiger partial charge is 0.299 e. The number of Topliss-reactive ketones (excluding diaryl/α,β-unsaturated/α-hetero) is 1. The number of nitrogens with zero attached hydrogens (tertiary/aromatic N) is 2. The number of aromatic nitrogens is 2. The molecule has 0 aliphatic heterocycles. The summed E-state index contributed by atoms with van der Waals surface area (Å²) >= 11 is 0. The van der Waals surface area contributed by atoms with E-state index in [1.165, 1.54) is 0 Å².